The van der Waals surface area contributed by atoms with Gasteiger partial charge in [-0.2, -0.15) is 0 Å². The van der Waals surface area contributed by atoms with E-state index in [-0.39, 0.29) is 41.3 Å². The average Bonchev–Trinajstić information content (AvgIpc) is 3.45. The first-order chi connectivity index (χ1) is 22.4. The SMILES string of the molecule is Cc1cc(C2C3=CCC4C(=O)N(c5cccc([N+](=O)[O-])c5)C(=O)C4C3CC3C(=O)N(c4cccc([N+](=O)[O-])c4)C(=O)C32)cc(C)c1O. The number of hydrogen-bond donors (Lipinski definition) is 1. The Balaban J connectivity index is 1.34. The van der Waals surface area contributed by atoms with E-state index in [1.54, 1.807) is 26.0 Å². The van der Waals surface area contributed by atoms with Crippen LogP contribution < -0.4 is 9.80 Å². The molecule has 3 aromatic rings. The van der Waals surface area contributed by atoms with Gasteiger partial charge in [0.1, 0.15) is 5.75 Å². The van der Waals surface area contributed by atoms with E-state index >= 15 is 0 Å². The Morgan fingerprint density at radius 2 is 1.21 bits per heavy atom. The summed E-state index contributed by atoms with van der Waals surface area (Å²) in [4.78, 5) is 80.1. The van der Waals surface area contributed by atoms with Gasteiger partial charge in [-0.25, -0.2) is 9.80 Å². The van der Waals surface area contributed by atoms with Gasteiger partial charge in [0.15, 0.2) is 0 Å². The number of allylic oxidation sites excluding steroid dienone is 2. The summed E-state index contributed by atoms with van der Waals surface area (Å²) < 4.78 is 0. The Morgan fingerprint density at radius 1 is 0.702 bits per heavy atom. The monoisotopic (exact) mass is 636 g/mol. The van der Waals surface area contributed by atoms with Gasteiger partial charge in [0.2, 0.25) is 23.6 Å². The molecule has 0 bridgehead atoms. The number of phenolic OH excluding ortho intramolecular Hbond substituents is 1. The number of carbonyl (C=O) groups is 4. The van der Waals surface area contributed by atoms with Crippen LogP contribution in [0.15, 0.2) is 72.3 Å². The number of phenols is 1. The first-order valence-electron chi connectivity index (χ1n) is 15.1. The molecular formula is C34H28N4O9. The topological polar surface area (TPSA) is 181 Å². The van der Waals surface area contributed by atoms with Crippen LogP contribution in [0, 0.1) is 63.7 Å². The number of amides is 4. The second kappa shape index (κ2) is 10.7. The van der Waals surface area contributed by atoms with Crippen molar-refractivity contribution >= 4 is 46.4 Å². The number of nitro groups is 2. The maximum absolute atomic E-state index is 14.3. The standard InChI is InChI=1S/C34H28N4O9/c1-16-11-18(12-17(2)30(16)39)27-23-9-10-24-28(33(42)35(31(24)40)19-5-3-7-21(13-19)37(44)45)25(23)15-26-29(27)34(43)36(32(26)41)20-6-4-8-22(14-20)38(46)47/h3-9,11-14,24-29,39H,10,15H2,1-2H3. The number of nitro benzene ring substituents is 2. The largest absolute Gasteiger partial charge is 0.507 e. The lowest BCUT2D eigenvalue weighted by atomic mass is 9.57. The van der Waals surface area contributed by atoms with Gasteiger partial charge in [-0.1, -0.05) is 35.9 Å². The smallest absolute Gasteiger partial charge is 0.271 e. The molecule has 3 fully saturated rings. The molecule has 1 N–H and O–H groups in total. The van der Waals surface area contributed by atoms with Gasteiger partial charge in [0, 0.05) is 30.2 Å². The third-order valence-corrected chi connectivity index (χ3v) is 10.1. The van der Waals surface area contributed by atoms with Gasteiger partial charge >= 0.3 is 0 Å². The van der Waals surface area contributed by atoms with Crippen molar-refractivity contribution in [2.24, 2.45) is 29.6 Å². The highest BCUT2D eigenvalue weighted by molar-refractivity contribution is 6.24. The van der Waals surface area contributed by atoms with Crippen molar-refractivity contribution in [1.29, 1.82) is 0 Å². The average molecular weight is 637 g/mol. The van der Waals surface area contributed by atoms with Gasteiger partial charge < -0.3 is 5.11 Å². The third-order valence-electron chi connectivity index (χ3n) is 10.1. The lowest BCUT2D eigenvalue weighted by Crippen LogP contribution is -2.43. The minimum Gasteiger partial charge on any atom is -0.507 e. The van der Waals surface area contributed by atoms with Crippen LogP contribution in [0.3, 0.4) is 0 Å². The molecule has 1 saturated carbocycles. The highest BCUT2D eigenvalue weighted by Gasteiger charge is 2.62. The molecular weight excluding hydrogens is 608 g/mol. The number of hydrogen-bond acceptors (Lipinski definition) is 9. The molecule has 2 aliphatic carbocycles. The zero-order valence-corrected chi connectivity index (χ0v) is 25.2. The van der Waals surface area contributed by atoms with Crippen LogP contribution in [-0.4, -0.2) is 38.6 Å². The number of nitrogens with zero attached hydrogens (tertiary/aromatic N) is 4. The van der Waals surface area contributed by atoms with Crippen molar-refractivity contribution in [3.63, 3.8) is 0 Å². The number of anilines is 2. The second-order valence-electron chi connectivity index (χ2n) is 12.6. The molecule has 6 unspecified atom stereocenters. The van der Waals surface area contributed by atoms with Gasteiger partial charge in [-0.15, -0.1) is 0 Å². The number of rotatable bonds is 5. The molecule has 13 nitrogen and oxygen atoms in total. The molecule has 2 heterocycles. The number of non-ortho nitro benzene ring substituents is 2. The molecule has 13 heteroatoms. The van der Waals surface area contributed by atoms with Crippen LogP contribution in [0.5, 0.6) is 5.75 Å². The van der Waals surface area contributed by atoms with Crippen molar-refractivity contribution in [3.8, 4) is 5.75 Å². The highest BCUT2D eigenvalue weighted by atomic mass is 16.6. The summed E-state index contributed by atoms with van der Waals surface area (Å²) in [5.74, 6) is -6.75. The quantitative estimate of drug-likeness (QED) is 0.177. The first-order valence-corrected chi connectivity index (χ1v) is 15.1. The summed E-state index contributed by atoms with van der Waals surface area (Å²) in [5.41, 5.74) is 2.12. The Morgan fingerprint density at radius 3 is 1.74 bits per heavy atom. The minimum atomic E-state index is -0.906. The Labute approximate surface area is 267 Å². The summed E-state index contributed by atoms with van der Waals surface area (Å²) in [6.07, 6.45) is 2.15. The summed E-state index contributed by atoms with van der Waals surface area (Å²) >= 11 is 0. The maximum Gasteiger partial charge on any atom is 0.271 e. The summed E-state index contributed by atoms with van der Waals surface area (Å²) in [5, 5.41) is 33.5. The number of benzene rings is 3. The van der Waals surface area contributed by atoms with E-state index in [4.69, 9.17) is 0 Å². The molecule has 238 valence electrons. The van der Waals surface area contributed by atoms with Crippen LogP contribution in [-0.2, 0) is 19.2 Å². The molecule has 4 aliphatic rings. The molecule has 4 amide bonds. The maximum atomic E-state index is 14.3. The van der Waals surface area contributed by atoms with Crippen LogP contribution in [0.2, 0.25) is 0 Å². The van der Waals surface area contributed by atoms with E-state index in [0.717, 1.165) is 15.4 Å². The van der Waals surface area contributed by atoms with Crippen LogP contribution in [0.25, 0.3) is 0 Å². The van der Waals surface area contributed by atoms with Gasteiger partial charge in [0.25, 0.3) is 11.4 Å². The normalized spacial score (nSPS) is 26.6. The van der Waals surface area contributed by atoms with Crippen molar-refractivity contribution in [1.82, 2.24) is 0 Å². The molecule has 2 aliphatic heterocycles. The van der Waals surface area contributed by atoms with Gasteiger partial charge in [-0.05, 0) is 61.4 Å². The first kappa shape index (κ1) is 30.0. The fraction of sp³-hybridized carbons (Fsp3) is 0.294. The van der Waals surface area contributed by atoms with E-state index in [0.29, 0.717) is 16.7 Å². The van der Waals surface area contributed by atoms with Gasteiger partial charge in [0.05, 0.1) is 44.9 Å². The molecule has 47 heavy (non-hydrogen) atoms. The zero-order chi connectivity index (χ0) is 33.5. The molecule has 0 spiro atoms. The minimum absolute atomic E-state index is 0.0687. The Bertz CT molecular complexity index is 1960. The van der Waals surface area contributed by atoms with E-state index in [9.17, 15) is 44.5 Å². The molecule has 0 radical (unpaired) electrons. The number of aryl methyl sites for hydroxylation is 2. The molecule has 7 rings (SSSR count). The Hall–Kier alpha value is -5.72. The molecule has 2 saturated heterocycles. The zero-order valence-electron chi connectivity index (χ0n) is 25.2. The number of aromatic hydroxyl groups is 1. The fourth-order valence-electron chi connectivity index (χ4n) is 8.13. The van der Waals surface area contributed by atoms with Crippen LogP contribution in [0.1, 0.15) is 35.4 Å². The lowest BCUT2D eigenvalue weighted by molar-refractivity contribution is -0.385. The number of imide groups is 2. The van der Waals surface area contributed by atoms with Crippen LogP contribution in [0.4, 0.5) is 22.7 Å². The fourth-order valence-corrected chi connectivity index (χ4v) is 8.13. The summed E-state index contributed by atoms with van der Waals surface area (Å²) in [6, 6.07) is 14.1. The molecule has 0 aromatic heterocycles. The van der Waals surface area contributed by atoms with Crippen molar-refractivity contribution in [3.05, 3.63) is 109 Å². The van der Waals surface area contributed by atoms with Crippen molar-refractivity contribution in [2.45, 2.75) is 32.6 Å². The predicted octanol–water partition coefficient (Wildman–Crippen LogP) is 4.87. The van der Waals surface area contributed by atoms with Gasteiger partial charge in [-0.3, -0.25) is 39.4 Å². The Kier molecular flexibility index (Phi) is 6.81. The third kappa shape index (κ3) is 4.44. The summed E-state index contributed by atoms with van der Waals surface area (Å²) in [7, 11) is 0. The predicted molar refractivity (Wildman–Crippen MR) is 166 cm³/mol. The van der Waals surface area contributed by atoms with Crippen LogP contribution >= 0.6 is 0 Å². The molecule has 6 atom stereocenters. The van der Waals surface area contributed by atoms with E-state index in [2.05, 4.69) is 0 Å². The second-order valence-corrected chi connectivity index (χ2v) is 12.6. The molecule has 3 aromatic carbocycles. The number of carbonyl (C=O) groups excluding carboxylic acids is 4. The summed E-state index contributed by atoms with van der Waals surface area (Å²) in [6.45, 7) is 3.45. The van der Waals surface area contributed by atoms with Crippen molar-refractivity contribution in [2.75, 3.05) is 9.80 Å². The lowest BCUT2D eigenvalue weighted by Gasteiger charge is -2.44. The van der Waals surface area contributed by atoms with E-state index in [1.807, 2.05) is 6.08 Å². The van der Waals surface area contributed by atoms with E-state index < -0.39 is 69.0 Å². The highest BCUT2D eigenvalue weighted by Crippen LogP contribution is 2.59. The number of fused-ring (bicyclic) bond motifs is 4. The van der Waals surface area contributed by atoms with E-state index in [1.165, 1.54) is 48.5 Å². The van der Waals surface area contributed by atoms with Crippen molar-refractivity contribution < 1.29 is 34.1 Å².